The smallest absolute Gasteiger partial charge is 0.304 e. The van der Waals surface area contributed by atoms with Crippen LogP contribution < -0.4 is 9.62 Å². The van der Waals surface area contributed by atoms with Gasteiger partial charge in [0.15, 0.2) is 0 Å². The summed E-state index contributed by atoms with van der Waals surface area (Å²) in [6.45, 7) is 2.87. The van der Waals surface area contributed by atoms with Gasteiger partial charge in [-0.15, -0.1) is 0 Å². The van der Waals surface area contributed by atoms with Crippen LogP contribution in [0.25, 0.3) is 0 Å². The molecule has 1 atom stereocenters. The summed E-state index contributed by atoms with van der Waals surface area (Å²) in [4.78, 5) is 27.0. The van der Waals surface area contributed by atoms with Crippen molar-refractivity contribution in [3.05, 3.63) is 65.5 Å². The highest BCUT2D eigenvalue weighted by Crippen LogP contribution is 2.23. The van der Waals surface area contributed by atoms with Gasteiger partial charge in [0, 0.05) is 27.7 Å². The molecule has 0 saturated heterocycles. The standard InChI is InChI=1S/C22H29FN4O4S/c1-16-9-8-10-18(13-16)14-26(17(2)22(29)24-3)21(28)15-27(32(30,31)25(4)5)20-12-7-6-11-19(20)23/h6-13,17H,14-15H2,1-5H3,(H,24,29)/t17-/m1/s1. The fourth-order valence-electron chi connectivity index (χ4n) is 3.15. The SMILES string of the molecule is CNC(=O)[C@@H](C)N(Cc1cccc(C)c1)C(=O)CN(c1ccccc1F)S(=O)(=O)N(C)C. The zero-order chi connectivity index (χ0) is 24.1. The largest absolute Gasteiger partial charge is 0.357 e. The van der Waals surface area contributed by atoms with Crippen molar-refractivity contribution in [1.29, 1.82) is 0 Å². The van der Waals surface area contributed by atoms with E-state index in [0.717, 1.165) is 21.5 Å². The number of hydrogen-bond acceptors (Lipinski definition) is 4. The van der Waals surface area contributed by atoms with Crippen LogP contribution >= 0.6 is 0 Å². The maximum Gasteiger partial charge on any atom is 0.304 e. The van der Waals surface area contributed by atoms with Crippen LogP contribution in [0.5, 0.6) is 0 Å². The Hall–Kier alpha value is -2.98. The summed E-state index contributed by atoms with van der Waals surface area (Å²) in [5.74, 6) is -1.83. The number of carbonyl (C=O) groups is 2. The lowest BCUT2D eigenvalue weighted by atomic mass is 10.1. The Bertz CT molecular complexity index is 1080. The van der Waals surface area contributed by atoms with Gasteiger partial charge < -0.3 is 10.2 Å². The zero-order valence-corrected chi connectivity index (χ0v) is 19.7. The van der Waals surface area contributed by atoms with E-state index < -0.39 is 40.4 Å². The van der Waals surface area contributed by atoms with E-state index in [9.17, 15) is 22.4 Å². The second-order valence-electron chi connectivity index (χ2n) is 7.55. The first kappa shape index (κ1) is 25.3. The zero-order valence-electron chi connectivity index (χ0n) is 18.9. The lowest BCUT2D eigenvalue weighted by Gasteiger charge is -2.32. The van der Waals surface area contributed by atoms with Gasteiger partial charge in [0.25, 0.3) is 0 Å². The molecule has 0 unspecified atom stereocenters. The molecule has 2 aromatic carbocycles. The minimum absolute atomic E-state index is 0.0855. The first-order valence-electron chi connectivity index (χ1n) is 10.00. The molecule has 0 aliphatic heterocycles. The molecule has 2 amide bonds. The van der Waals surface area contributed by atoms with E-state index in [-0.39, 0.29) is 12.2 Å². The predicted octanol–water partition coefficient (Wildman–Crippen LogP) is 1.91. The van der Waals surface area contributed by atoms with Crippen molar-refractivity contribution in [2.45, 2.75) is 26.4 Å². The van der Waals surface area contributed by atoms with Crippen LogP contribution in [0.15, 0.2) is 48.5 Å². The molecule has 0 saturated carbocycles. The maximum atomic E-state index is 14.5. The minimum atomic E-state index is -4.20. The number of amides is 2. The van der Waals surface area contributed by atoms with E-state index in [1.54, 1.807) is 6.92 Å². The highest BCUT2D eigenvalue weighted by atomic mass is 32.2. The summed E-state index contributed by atoms with van der Waals surface area (Å²) in [7, 11) is -0.147. The van der Waals surface area contributed by atoms with Gasteiger partial charge in [0.2, 0.25) is 11.8 Å². The Morgan fingerprint density at radius 2 is 1.75 bits per heavy atom. The first-order chi connectivity index (χ1) is 15.0. The van der Waals surface area contributed by atoms with E-state index in [4.69, 9.17) is 0 Å². The number of rotatable bonds is 9. The number of likely N-dealkylation sites (N-methyl/N-ethyl adjacent to an activating group) is 1. The molecule has 8 nitrogen and oxygen atoms in total. The summed E-state index contributed by atoms with van der Waals surface area (Å²) in [6, 6.07) is 11.9. The average Bonchev–Trinajstić information content (AvgIpc) is 2.75. The summed E-state index contributed by atoms with van der Waals surface area (Å²) in [5, 5.41) is 2.51. The third-order valence-electron chi connectivity index (χ3n) is 4.99. The fourth-order valence-corrected chi connectivity index (χ4v) is 4.22. The van der Waals surface area contributed by atoms with Gasteiger partial charge in [0.05, 0.1) is 5.69 Å². The fraction of sp³-hybridized carbons (Fsp3) is 0.364. The topological polar surface area (TPSA) is 90.0 Å². The molecular formula is C22H29FN4O4S. The molecule has 32 heavy (non-hydrogen) atoms. The predicted molar refractivity (Wildman–Crippen MR) is 122 cm³/mol. The Kier molecular flexibility index (Phi) is 8.34. The first-order valence-corrected chi connectivity index (χ1v) is 11.4. The van der Waals surface area contributed by atoms with Crippen LogP contribution in [0.3, 0.4) is 0 Å². The number of nitrogens with one attached hydrogen (secondary N) is 1. The number of halogens is 1. The van der Waals surface area contributed by atoms with Crippen LogP contribution in [0, 0.1) is 12.7 Å². The Labute approximate surface area is 188 Å². The molecule has 0 aliphatic rings. The third-order valence-corrected chi connectivity index (χ3v) is 6.79. The summed E-state index contributed by atoms with van der Waals surface area (Å²) < 4.78 is 42.0. The molecule has 0 aliphatic carbocycles. The second-order valence-corrected chi connectivity index (χ2v) is 9.62. The normalized spacial score (nSPS) is 12.3. The van der Waals surface area contributed by atoms with E-state index in [1.165, 1.54) is 44.2 Å². The molecule has 0 spiro atoms. The van der Waals surface area contributed by atoms with Gasteiger partial charge in [-0.05, 0) is 31.5 Å². The number of carbonyl (C=O) groups excluding carboxylic acids is 2. The molecule has 174 valence electrons. The molecule has 0 fully saturated rings. The number of para-hydroxylation sites is 1. The van der Waals surface area contributed by atoms with Gasteiger partial charge >= 0.3 is 10.2 Å². The van der Waals surface area contributed by atoms with Crippen LogP contribution in [-0.2, 0) is 26.3 Å². The van der Waals surface area contributed by atoms with Crippen molar-refractivity contribution >= 4 is 27.7 Å². The summed E-state index contributed by atoms with van der Waals surface area (Å²) in [6.07, 6.45) is 0. The van der Waals surface area contributed by atoms with Crippen molar-refractivity contribution in [2.24, 2.45) is 0 Å². The van der Waals surface area contributed by atoms with Crippen LogP contribution in [0.1, 0.15) is 18.1 Å². The third kappa shape index (κ3) is 5.83. The summed E-state index contributed by atoms with van der Waals surface area (Å²) in [5.41, 5.74) is 1.50. The van der Waals surface area contributed by atoms with E-state index >= 15 is 0 Å². The Balaban J connectivity index is 2.47. The molecule has 0 radical (unpaired) electrons. The molecule has 10 heteroatoms. The van der Waals surface area contributed by atoms with Crippen molar-refractivity contribution in [3.63, 3.8) is 0 Å². The van der Waals surface area contributed by atoms with Crippen molar-refractivity contribution in [1.82, 2.24) is 14.5 Å². The van der Waals surface area contributed by atoms with Gasteiger partial charge in [-0.3, -0.25) is 9.59 Å². The van der Waals surface area contributed by atoms with Crippen LogP contribution in [0.4, 0.5) is 10.1 Å². The number of hydrogen-bond donors (Lipinski definition) is 1. The highest BCUT2D eigenvalue weighted by molar-refractivity contribution is 7.90. The molecule has 2 aromatic rings. The number of anilines is 1. The molecular weight excluding hydrogens is 435 g/mol. The highest BCUT2D eigenvalue weighted by Gasteiger charge is 2.33. The van der Waals surface area contributed by atoms with Crippen molar-refractivity contribution in [2.75, 3.05) is 32.0 Å². The van der Waals surface area contributed by atoms with E-state index in [2.05, 4.69) is 5.32 Å². The van der Waals surface area contributed by atoms with Gasteiger partial charge in [-0.1, -0.05) is 42.0 Å². The van der Waals surface area contributed by atoms with E-state index in [0.29, 0.717) is 4.31 Å². The van der Waals surface area contributed by atoms with Crippen LogP contribution in [0.2, 0.25) is 0 Å². The van der Waals surface area contributed by atoms with E-state index in [1.807, 2.05) is 31.2 Å². The maximum absolute atomic E-state index is 14.5. The molecule has 2 rings (SSSR count). The van der Waals surface area contributed by atoms with Crippen LogP contribution in [-0.4, -0.2) is 63.2 Å². The summed E-state index contributed by atoms with van der Waals surface area (Å²) >= 11 is 0. The average molecular weight is 465 g/mol. The molecule has 0 aromatic heterocycles. The van der Waals surface area contributed by atoms with Gasteiger partial charge in [-0.2, -0.15) is 12.7 Å². The Morgan fingerprint density at radius 1 is 1.09 bits per heavy atom. The molecule has 1 N–H and O–H groups in total. The lowest BCUT2D eigenvalue weighted by Crippen LogP contribution is -2.52. The lowest BCUT2D eigenvalue weighted by molar-refractivity contribution is -0.139. The Morgan fingerprint density at radius 3 is 2.31 bits per heavy atom. The van der Waals surface area contributed by atoms with Crippen molar-refractivity contribution in [3.8, 4) is 0 Å². The minimum Gasteiger partial charge on any atom is -0.357 e. The molecule has 0 bridgehead atoms. The van der Waals surface area contributed by atoms with Crippen molar-refractivity contribution < 1.29 is 22.4 Å². The number of benzene rings is 2. The number of nitrogens with zero attached hydrogens (tertiary/aromatic N) is 3. The molecule has 0 heterocycles. The number of aryl methyl sites for hydroxylation is 1. The van der Waals surface area contributed by atoms with Gasteiger partial charge in [0.1, 0.15) is 18.4 Å². The monoisotopic (exact) mass is 464 g/mol. The second kappa shape index (κ2) is 10.6. The van der Waals surface area contributed by atoms with Gasteiger partial charge in [-0.25, -0.2) is 8.70 Å². The quantitative estimate of drug-likeness (QED) is 0.614.